The van der Waals surface area contributed by atoms with Crippen molar-refractivity contribution in [2.45, 2.75) is 32.4 Å². The molecule has 0 saturated carbocycles. The molecule has 0 atom stereocenters. The van der Waals surface area contributed by atoms with Crippen molar-refractivity contribution in [3.63, 3.8) is 0 Å². The summed E-state index contributed by atoms with van der Waals surface area (Å²) in [7, 11) is -1.25. The van der Waals surface area contributed by atoms with Crippen LogP contribution in [0, 0.1) is 0 Å². The summed E-state index contributed by atoms with van der Waals surface area (Å²) < 4.78 is 7.43. The van der Waals surface area contributed by atoms with Crippen molar-refractivity contribution >= 4 is 35.7 Å². The Kier molecular flexibility index (Phi) is 5.08. The maximum atomic E-state index is 13.4. The maximum absolute atomic E-state index is 13.4. The Bertz CT molecular complexity index is 1350. The minimum atomic E-state index is -1.25. The van der Waals surface area contributed by atoms with E-state index in [9.17, 15) is 9.59 Å². The number of benzene rings is 2. The topological polar surface area (TPSA) is 119 Å². The average molecular weight is 424 g/mol. The predicted molar refractivity (Wildman–Crippen MR) is 122 cm³/mol. The summed E-state index contributed by atoms with van der Waals surface area (Å²) in [6.07, 6.45) is 0. The SMILES string of the molecule is C[Si](C)(C)CCOCn1c(=O)c(-c2cccc3c(=O)[nH][nH]c23)nc2c(N)cccc21. The Morgan fingerprint density at radius 2 is 1.87 bits per heavy atom. The van der Waals surface area contributed by atoms with E-state index in [4.69, 9.17) is 10.5 Å². The van der Waals surface area contributed by atoms with Crippen LogP contribution in [0.1, 0.15) is 0 Å². The van der Waals surface area contributed by atoms with Crippen molar-refractivity contribution < 1.29 is 4.74 Å². The van der Waals surface area contributed by atoms with Crippen LogP contribution in [-0.4, -0.2) is 34.4 Å². The number of hydrogen-bond donors (Lipinski definition) is 3. The molecular weight excluding hydrogens is 398 g/mol. The summed E-state index contributed by atoms with van der Waals surface area (Å²) in [5, 5.41) is 5.88. The first-order valence-electron chi connectivity index (χ1n) is 9.83. The van der Waals surface area contributed by atoms with Crippen molar-refractivity contribution in [2.75, 3.05) is 12.3 Å². The lowest BCUT2D eigenvalue weighted by Crippen LogP contribution is -2.27. The summed E-state index contributed by atoms with van der Waals surface area (Å²) in [4.78, 5) is 30.0. The van der Waals surface area contributed by atoms with Crippen LogP contribution in [0.25, 0.3) is 33.2 Å². The minimum Gasteiger partial charge on any atom is -0.397 e. The van der Waals surface area contributed by atoms with Gasteiger partial charge in [0.15, 0.2) is 0 Å². The van der Waals surface area contributed by atoms with Crippen LogP contribution >= 0.6 is 0 Å². The molecule has 156 valence electrons. The summed E-state index contributed by atoms with van der Waals surface area (Å²) >= 11 is 0. The molecule has 0 aliphatic rings. The second-order valence-electron chi connectivity index (χ2n) is 8.56. The van der Waals surface area contributed by atoms with Gasteiger partial charge < -0.3 is 10.5 Å². The van der Waals surface area contributed by atoms with E-state index < -0.39 is 8.07 Å². The molecule has 0 amide bonds. The fraction of sp³-hybridized carbons (Fsp3) is 0.286. The van der Waals surface area contributed by atoms with E-state index in [2.05, 4.69) is 34.8 Å². The summed E-state index contributed by atoms with van der Waals surface area (Å²) in [5.41, 5.74) is 8.53. The van der Waals surface area contributed by atoms with Crippen LogP contribution in [-0.2, 0) is 11.5 Å². The van der Waals surface area contributed by atoms with Gasteiger partial charge in [-0.1, -0.05) is 37.8 Å². The monoisotopic (exact) mass is 423 g/mol. The number of ether oxygens (including phenoxy) is 1. The van der Waals surface area contributed by atoms with Crippen LogP contribution in [0.5, 0.6) is 0 Å². The third-order valence-electron chi connectivity index (χ3n) is 5.09. The van der Waals surface area contributed by atoms with Crippen LogP contribution < -0.4 is 16.9 Å². The number of aromatic nitrogens is 4. The van der Waals surface area contributed by atoms with E-state index in [-0.39, 0.29) is 23.5 Å². The molecule has 0 aliphatic carbocycles. The molecular formula is C21H25N5O3Si. The highest BCUT2D eigenvalue weighted by Crippen LogP contribution is 2.25. The number of nitrogens with zero attached hydrogens (tertiary/aromatic N) is 2. The first-order valence-corrected chi connectivity index (χ1v) is 13.5. The number of H-pyrrole nitrogens is 2. The molecule has 0 bridgehead atoms. The number of aromatic amines is 2. The smallest absolute Gasteiger partial charge is 0.279 e. The first kappa shape index (κ1) is 20.1. The zero-order chi connectivity index (χ0) is 21.5. The van der Waals surface area contributed by atoms with Crippen LogP contribution in [0.2, 0.25) is 25.7 Å². The van der Waals surface area contributed by atoms with E-state index >= 15 is 0 Å². The highest BCUT2D eigenvalue weighted by atomic mass is 28.3. The lowest BCUT2D eigenvalue weighted by molar-refractivity contribution is 0.0879. The van der Waals surface area contributed by atoms with Gasteiger partial charge in [-0.25, -0.2) is 4.98 Å². The minimum absolute atomic E-state index is 0.110. The molecule has 4 aromatic rings. The van der Waals surface area contributed by atoms with Gasteiger partial charge in [-0.05, 0) is 24.2 Å². The van der Waals surface area contributed by atoms with Gasteiger partial charge in [0.05, 0.1) is 22.1 Å². The first-order chi connectivity index (χ1) is 14.3. The fourth-order valence-electron chi connectivity index (χ4n) is 3.38. The van der Waals surface area contributed by atoms with Gasteiger partial charge in [0.25, 0.3) is 11.1 Å². The van der Waals surface area contributed by atoms with E-state index in [1.54, 1.807) is 34.9 Å². The van der Waals surface area contributed by atoms with Crippen LogP contribution in [0.3, 0.4) is 0 Å². The van der Waals surface area contributed by atoms with Crippen LogP contribution in [0.15, 0.2) is 46.0 Å². The van der Waals surface area contributed by atoms with Gasteiger partial charge in [-0.2, -0.15) is 0 Å². The largest absolute Gasteiger partial charge is 0.397 e. The number of nitrogens with two attached hydrogens (primary N) is 1. The summed E-state index contributed by atoms with van der Waals surface area (Å²) in [6.45, 7) is 7.53. The molecule has 8 nitrogen and oxygen atoms in total. The Morgan fingerprint density at radius 1 is 1.10 bits per heavy atom. The van der Waals surface area contributed by atoms with Gasteiger partial charge in [-0.3, -0.25) is 24.4 Å². The van der Waals surface area contributed by atoms with Crippen molar-refractivity contribution in [2.24, 2.45) is 0 Å². The van der Waals surface area contributed by atoms with Crippen molar-refractivity contribution in [1.82, 2.24) is 19.7 Å². The quantitative estimate of drug-likeness (QED) is 0.250. The fourth-order valence-corrected chi connectivity index (χ4v) is 4.14. The maximum Gasteiger partial charge on any atom is 0.279 e. The number of nitrogen functional groups attached to an aromatic ring is 1. The lowest BCUT2D eigenvalue weighted by atomic mass is 10.1. The molecule has 4 rings (SSSR count). The lowest BCUT2D eigenvalue weighted by Gasteiger charge is -2.17. The van der Waals surface area contributed by atoms with E-state index in [1.165, 1.54) is 0 Å². The van der Waals surface area contributed by atoms with Gasteiger partial charge in [0.1, 0.15) is 17.9 Å². The molecule has 2 heterocycles. The average Bonchev–Trinajstić information content (AvgIpc) is 3.07. The van der Waals surface area contributed by atoms with E-state index in [1.807, 2.05) is 6.07 Å². The molecule has 2 aromatic carbocycles. The Balaban J connectivity index is 1.87. The molecule has 2 aromatic heterocycles. The zero-order valence-corrected chi connectivity index (χ0v) is 18.3. The highest BCUT2D eigenvalue weighted by Gasteiger charge is 2.18. The third-order valence-corrected chi connectivity index (χ3v) is 6.79. The molecule has 30 heavy (non-hydrogen) atoms. The number of anilines is 1. The van der Waals surface area contributed by atoms with Gasteiger partial charge in [0, 0.05) is 20.2 Å². The van der Waals surface area contributed by atoms with Crippen LogP contribution in [0.4, 0.5) is 5.69 Å². The van der Waals surface area contributed by atoms with E-state index in [0.717, 1.165) is 6.04 Å². The number of rotatable bonds is 6. The van der Waals surface area contributed by atoms with Crippen molar-refractivity contribution in [3.8, 4) is 11.3 Å². The Morgan fingerprint density at radius 3 is 2.63 bits per heavy atom. The molecule has 0 unspecified atom stereocenters. The second kappa shape index (κ2) is 7.58. The molecule has 0 aliphatic heterocycles. The molecule has 0 saturated heterocycles. The highest BCUT2D eigenvalue weighted by molar-refractivity contribution is 6.76. The van der Waals surface area contributed by atoms with Gasteiger partial charge in [-0.15, -0.1) is 0 Å². The Labute approximate surface area is 173 Å². The molecule has 0 radical (unpaired) electrons. The molecule has 0 spiro atoms. The second-order valence-corrected chi connectivity index (χ2v) is 14.2. The Hall–Kier alpha value is -3.17. The number of nitrogens with one attached hydrogen (secondary N) is 2. The molecule has 9 heteroatoms. The van der Waals surface area contributed by atoms with Crippen molar-refractivity contribution in [3.05, 3.63) is 57.1 Å². The summed E-state index contributed by atoms with van der Waals surface area (Å²) in [5.74, 6) is 0. The predicted octanol–water partition coefficient (Wildman–Crippen LogP) is 3.13. The number of para-hydroxylation sites is 2. The molecule has 4 N–H and O–H groups in total. The zero-order valence-electron chi connectivity index (χ0n) is 17.3. The van der Waals surface area contributed by atoms with E-state index in [0.29, 0.717) is 39.8 Å². The standard InChI is InChI=1S/C21H25N5O3Si/c1-30(2,3)11-10-29-12-26-16-9-5-8-15(22)19(16)23-18(21(26)28)13-6-4-7-14-17(13)24-25-20(14)27/h4-9H,10-12,22H2,1-3H3,(H2,24,25,27). The normalized spacial score (nSPS) is 12.1. The third kappa shape index (κ3) is 3.69. The van der Waals surface area contributed by atoms with Crippen molar-refractivity contribution in [1.29, 1.82) is 0 Å². The van der Waals surface area contributed by atoms with Gasteiger partial charge in [0.2, 0.25) is 0 Å². The van der Waals surface area contributed by atoms with Gasteiger partial charge >= 0.3 is 0 Å². The number of hydrogen-bond acceptors (Lipinski definition) is 5. The summed E-state index contributed by atoms with van der Waals surface area (Å²) in [6, 6.07) is 11.5. The number of fused-ring (bicyclic) bond motifs is 2. The molecule has 0 fully saturated rings.